The first-order valence-electron chi connectivity index (χ1n) is 6.50. The van der Waals surface area contributed by atoms with E-state index in [0.29, 0.717) is 24.7 Å². The highest BCUT2D eigenvalue weighted by atomic mass is 16.6. The third kappa shape index (κ3) is 4.31. The summed E-state index contributed by atoms with van der Waals surface area (Å²) in [7, 11) is 0. The summed E-state index contributed by atoms with van der Waals surface area (Å²) in [6.45, 7) is 2.84. The van der Waals surface area contributed by atoms with Crippen molar-refractivity contribution in [1.29, 1.82) is 0 Å². The van der Waals surface area contributed by atoms with Gasteiger partial charge in [0.15, 0.2) is 0 Å². The minimum absolute atomic E-state index is 0.460. The summed E-state index contributed by atoms with van der Waals surface area (Å²) in [5.74, 6) is 1.12. The molecule has 0 heterocycles. The van der Waals surface area contributed by atoms with Crippen LogP contribution < -0.4 is 14.8 Å². The molecule has 20 heavy (non-hydrogen) atoms. The van der Waals surface area contributed by atoms with Gasteiger partial charge in [-0.2, -0.15) is 0 Å². The zero-order valence-electron chi connectivity index (χ0n) is 11.3. The SMILES string of the molecule is CCNC(=O)Oc1cccc(OCc2ccccc2)c1. The van der Waals surface area contributed by atoms with Crippen molar-refractivity contribution in [2.24, 2.45) is 0 Å². The molecule has 0 fully saturated rings. The number of benzene rings is 2. The summed E-state index contributed by atoms with van der Waals surface area (Å²) in [4.78, 5) is 11.3. The van der Waals surface area contributed by atoms with E-state index in [4.69, 9.17) is 9.47 Å². The summed E-state index contributed by atoms with van der Waals surface area (Å²) in [5.41, 5.74) is 1.09. The van der Waals surface area contributed by atoms with E-state index in [0.717, 1.165) is 5.56 Å². The van der Waals surface area contributed by atoms with Crippen molar-refractivity contribution in [3.05, 3.63) is 60.2 Å². The van der Waals surface area contributed by atoms with Gasteiger partial charge in [-0.05, 0) is 24.6 Å². The van der Waals surface area contributed by atoms with Crippen molar-refractivity contribution in [2.45, 2.75) is 13.5 Å². The van der Waals surface area contributed by atoms with Crippen molar-refractivity contribution in [1.82, 2.24) is 5.32 Å². The monoisotopic (exact) mass is 271 g/mol. The van der Waals surface area contributed by atoms with Gasteiger partial charge in [-0.25, -0.2) is 4.79 Å². The largest absolute Gasteiger partial charge is 0.489 e. The summed E-state index contributed by atoms with van der Waals surface area (Å²) < 4.78 is 10.8. The van der Waals surface area contributed by atoms with E-state index in [9.17, 15) is 4.79 Å². The van der Waals surface area contributed by atoms with Gasteiger partial charge in [-0.1, -0.05) is 36.4 Å². The number of hydrogen-bond donors (Lipinski definition) is 1. The van der Waals surface area contributed by atoms with E-state index >= 15 is 0 Å². The fourth-order valence-electron chi connectivity index (χ4n) is 1.66. The Morgan fingerprint density at radius 2 is 1.80 bits per heavy atom. The van der Waals surface area contributed by atoms with Crippen LogP contribution in [0, 0.1) is 0 Å². The van der Waals surface area contributed by atoms with Crippen molar-refractivity contribution in [3.63, 3.8) is 0 Å². The predicted molar refractivity (Wildman–Crippen MR) is 76.9 cm³/mol. The number of carbonyl (C=O) groups excluding carboxylic acids is 1. The standard InChI is InChI=1S/C16H17NO3/c1-2-17-16(18)20-15-10-6-9-14(11-15)19-12-13-7-4-3-5-8-13/h3-11H,2,12H2,1H3,(H,17,18). The fourth-order valence-corrected chi connectivity index (χ4v) is 1.66. The van der Waals surface area contributed by atoms with Crippen LogP contribution in [0.3, 0.4) is 0 Å². The quantitative estimate of drug-likeness (QED) is 0.907. The molecular weight excluding hydrogens is 254 g/mol. The molecule has 0 aromatic heterocycles. The molecule has 0 saturated carbocycles. The second kappa shape index (κ2) is 7.19. The Bertz CT molecular complexity index is 555. The molecule has 0 saturated heterocycles. The average molecular weight is 271 g/mol. The molecule has 0 atom stereocenters. The molecule has 104 valence electrons. The highest BCUT2D eigenvalue weighted by Gasteiger charge is 2.04. The number of ether oxygens (including phenoxy) is 2. The van der Waals surface area contributed by atoms with Crippen LogP contribution in [0.4, 0.5) is 4.79 Å². The van der Waals surface area contributed by atoms with Gasteiger partial charge in [0.25, 0.3) is 0 Å². The Labute approximate surface area is 118 Å². The third-order valence-corrected chi connectivity index (χ3v) is 2.59. The Kier molecular flexibility index (Phi) is 5.00. The first-order valence-corrected chi connectivity index (χ1v) is 6.50. The van der Waals surface area contributed by atoms with Crippen LogP contribution >= 0.6 is 0 Å². The number of rotatable bonds is 5. The van der Waals surface area contributed by atoms with Gasteiger partial charge in [0.1, 0.15) is 18.1 Å². The van der Waals surface area contributed by atoms with Gasteiger partial charge in [-0.15, -0.1) is 0 Å². The second-order valence-electron chi connectivity index (χ2n) is 4.17. The lowest BCUT2D eigenvalue weighted by molar-refractivity contribution is 0.201. The van der Waals surface area contributed by atoms with Gasteiger partial charge < -0.3 is 14.8 Å². The molecule has 2 rings (SSSR count). The Balaban J connectivity index is 1.94. The molecule has 0 aliphatic carbocycles. The van der Waals surface area contributed by atoms with Crippen LogP contribution in [-0.4, -0.2) is 12.6 Å². The van der Waals surface area contributed by atoms with Gasteiger partial charge in [0, 0.05) is 12.6 Å². The van der Waals surface area contributed by atoms with Crippen molar-refractivity contribution >= 4 is 6.09 Å². The molecule has 0 bridgehead atoms. The molecule has 4 heteroatoms. The Hall–Kier alpha value is -2.49. The van der Waals surface area contributed by atoms with Crippen LogP contribution in [0.25, 0.3) is 0 Å². The molecule has 0 aliphatic heterocycles. The summed E-state index contributed by atoms with van der Waals surface area (Å²) in [5, 5.41) is 2.57. The average Bonchev–Trinajstić information content (AvgIpc) is 2.47. The van der Waals surface area contributed by atoms with Crippen molar-refractivity contribution in [2.75, 3.05) is 6.54 Å². The predicted octanol–water partition coefficient (Wildman–Crippen LogP) is 3.37. The van der Waals surface area contributed by atoms with Crippen LogP contribution in [0.15, 0.2) is 54.6 Å². The zero-order chi connectivity index (χ0) is 14.2. The highest BCUT2D eigenvalue weighted by molar-refractivity contribution is 5.70. The van der Waals surface area contributed by atoms with Crippen LogP contribution in [0.2, 0.25) is 0 Å². The van der Waals surface area contributed by atoms with E-state index < -0.39 is 6.09 Å². The number of nitrogens with one attached hydrogen (secondary N) is 1. The number of amides is 1. The van der Waals surface area contributed by atoms with E-state index in [1.807, 2.05) is 43.3 Å². The molecule has 1 amide bonds. The maximum atomic E-state index is 11.3. The maximum absolute atomic E-state index is 11.3. The topological polar surface area (TPSA) is 47.6 Å². The number of hydrogen-bond acceptors (Lipinski definition) is 3. The normalized spacial score (nSPS) is 9.85. The third-order valence-electron chi connectivity index (χ3n) is 2.59. The van der Waals surface area contributed by atoms with Gasteiger partial charge >= 0.3 is 6.09 Å². The van der Waals surface area contributed by atoms with E-state index in [-0.39, 0.29) is 0 Å². The summed E-state index contributed by atoms with van der Waals surface area (Å²) in [6, 6.07) is 16.9. The van der Waals surface area contributed by atoms with Crippen molar-refractivity contribution < 1.29 is 14.3 Å². The Morgan fingerprint density at radius 1 is 1.05 bits per heavy atom. The lowest BCUT2D eigenvalue weighted by Crippen LogP contribution is -2.26. The lowest BCUT2D eigenvalue weighted by Gasteiger charge is -2.08. The Morgan fingerprint density at radius 3 is 2.55 bits per heavy atom. The minimum atomic E-state index is -0.465. The first kappa shape index (κ1) is 13.9. The smallest absolute Gasteiger partial charge is 0.412 e. The summed E-state index contributed by atoms with van der Waals surface area (Å²) in [6.07, 6.45) is -0.465. The number of carbonyl (C=O) groups is 1. The van der Waals surface area contributed by atoms with E-state index in [1.165, 1.54) is 0 Å². The highest BCUT2D eigenvalue weighted by Crippen LogP contribution is 2.20. The van der Waals surface area contributed by atoms with E-state index in [2.05, 4.69) is 5.32 Å². The van der Waals surface area contributed by atoms with Crippen LogP contribution in [0.1, 0.15) is 12.5 Å². The van der Waals surface area contributed by atoms with Gasteiger partial charge in [0.2, 0.25) is 0 Å². The lowest BCUT2D eigenvalue weighted by atomic mass is 10.2. The molecule has 0 unspecified atom stereocenters. The molecule has 2 aromatic rings. The van der Waals surface area contributed by atoms with E-state index in [1.54, 1.807) is 18.2 Å². The molecule has 0 aliphatic rings. The second-order valence-corrected chi connectivity index (χ2v) is 4.17. The van der Waals surface area contributed by atoms with Crippen LogP contribution in [-0.2, 0) is 6.61 Å². The van der Waals surface area contributed by atoms with Gasteiger partial charge in [-0.3, -0.25) is 0 Å². The minimum Gasteiger partial charge on any atom is -0.489 e. The molecular formula is C16H17NO3. The molecule has 1 N–H and O–H groups in total. The zero-order valence-corrected chi connectivity index (χ0v) is 11.3. The van der Waals surface area contributed by atoms with Crippen LogP contribution in [0.5, 0.6) is 11.5 Å². The maximum Gasteiger partial charge on any atom is 0.412 e. The fraction of sp³-hybridized carbons (Fsp3) is 0.188. The summed E-state index contributed by atoms with van der Waals surface area (Å²) >= 11 is 0. The molecule has 0 radical (unpaired) electrons. The molecule has 2 aromatic carbocycles. The first-order chi connectivity index (χ1) is 9.78. The molecule has 0 spiro atoms. The van der Waals surface area contributed by atoms with Crippen molar-refractivity contribution in [3.8, 4) is 11.5 Å². The van der Waals surface area contributed by atoms with Gasteiger partial charge in [0.05, 0.1) is 0 Å². The molecule has 4 nitrogen and oxygen atoms in total.